The van der Waals surface area contributed by atoms with E-state index < -0.39 is 11.4 Å². The maximum atomic E-state index is 12.2. The molecule has 2 N–H and O–H groups in total. The molecule has 0 aromatic heterocycles. The van der Waals surface area contributed by atoms with Crippen LogP contribution < -0.4 is 5.32 Å². The molecular weight excluding hydrogens is 244 g/mol. The summed E-state index contributed by atoms with van der Waals surface area (Å²) in [5.74, 6) is -0.592. The summed E-state index contributed by atoms with van der Waals surface area (Å²) in [6, 6.07) is 0.0949. The number of carbonyl (C=O) groups excluding carboxylic acids is 1. The van der Waals surface area contributed by atoms with Crippen molar-refractivity contribution in [1.82, 2.24) is 10.2 Å². The Hall–Kier alpha value is -1.26. The summed E-state index contributed by atoms with van der Waals surface area (Å²) in [6.07, 6.45) is 4.43. The number of nitrogens with one attached hydrogen (secondary N) is 1. The Kier molecular flexibility index (Phi) is 4.02. The molecule has 2 rings (SSSR count). The zero-order valence-electron chi connectivity index (χ0n) is 11.8. The fourth-order valence-electron chi connectivity index (χ4n) is 3.55. The fraction of sp³-hybridized carbons (Fsp3) is 0.857. The van der Waals surface area contributed by atoms with Gasteiger partial charge in [-0.3, -0.25) is 4.79 Å². The number of carboxylic acids is 1. The van der Waals surface area contributed by atoms with Gasteiger partial charge in [0.05, 0.1) is 5.41 Å². The summed E-state index contributed by atoms with van der Waals surface area (Å²) in [4.78, 5) is 25.4. The normalized spacial score (nSPS) is 29.6. The van der Waals surface area contributed by atoms with Crippen LogP contribution in [0.1, 0.15) is 46.0 Å². The standard InChI is InChI=1S/C14H24N2O3/c1-3-11(4-2)15-13(19)16-8-10-6-5-7-14(10,9-16)12(17)18/h10-11H,3-9H2,1-2H3,(H,15,19)(H,17,18)/t10-,14+/m0/s1. The minimum absolute atomic E-state index is 0.0938. The van der Waals surface area contributed by atoms with E-state index in [4.69, 9.17) is 0 Å². The number of hydrogen-bond donors (Lipinski definition) is 2. The maximum absolute atomic E-state index is 12.2. The molecule has 5 nitrogen and oxygen atoms in total. The Morgan fingerprint density at radius 3 is 2.63 bits per heavy atom. The second-order valence-electron chi connectivity index (χ2n) is 5.89. The van der Waals surface area contributed by atoms with Crippen LogP contribution in [-0.4, -0.2) is 41.1 Å². The number of carboxylic acid groups (broad SMARTS) is 1. The summed E-state index contributed by atoms with van der Waals surface area (Å²) in [5, 5.41) is 12.5. The minimum Gasteiger partial charge on any atom is -0.481 e. The predicted molar refractivity (Wildman–Crippen MR) is 71.9 cm³/mol. The largest absolute Gasteiger partial charge is 0.481 e. The Balaban J connectivity index is 2.01. The van der Waals surface area contributed by atoms with Crippen LogP contribution in [0.2, 0.25) is 0 Å². The molecule has 0 unspecified atom stereocenters. The Bertz CT molecular complexity index is 368. The molecule has 0 bridgehead atoms. The second-order valence-corrected chi connectivity index (χ2v) is 5.89. The summed E-state index contributed by atoms with van der Waals surface area (Å²) in [5.41, 5.74) is -0.675. The molecule has 1 aliphatic carbocycles. The number of fused-ring (bicyclic) bond motifs is 1. The van der Waals surface area contributed by atoms with Crippen molar-refractivity contribution in [3.8, 4) is 0 Å². The monoisotopic (exact) mass is 268 g/mol. The van der Waals surface area contributed by atoms with Crippen molar-refractivity contribution in [3.63, 3.8) is 0 Å². The zero-order chi connectivity index (χ0) is 14.0. The number of nitrogens with zero attached hydrogens (tertiary/aromatic N) is 1. The molecule has 2 fully saturated rings. The highest BCUT2D eigenvalue weighted by molar-refractivity contribution is 5.80. The number of rotatable bonds is 4. The molecule has 2 atom stereocenters. The zero-order valence-corrected chi connectivity index (χ0v) is 11.8. The molecule has 1 aliphatic heterocycles. The molecule has 108 valence electrons. The van der Waals surface area contributed by atoms with Gasteiger partial charge in [-0.25, -0.2) is 4.79 Å². The van der Waals surface area contributed by atoms with E-state index in [9.17, 15) is 14.7 Å². The summed E-state index contributed by atoms with van der Waals surface area (Å²) in [7, 11) is 0. The van der Waals surface area contributed by atoms with Crippen LogP contribution in [0.25, 0.3) is 0 Å². The van der Waals surface area contributed by atoms with Gasteiger partial charge in [0.25, 0.3) is 0 Å². The average Bonchev–Trinajstić information content (AvgIpc) is 2.92. The van der Waals surface area contributed by atoms with Crippen LogP contribution in [0.4, 0.5) is 4.79 Å². The molecule has 5 heteroatoms. The lowest BCUT2D eigenvalue weighted by atomic mass is 9.81. The first kappa shape index (κ1) is 14.2. The van der Waals surface area contributed by atoms with Crippen LogP contribution in [0.15, 0.2) is 0 Å². The number of carbonyl (C=O) groups is 2. The van der Waals surface area contributed by atoms with Gasteiger partial charge in [-0.2, -0.15) is 0 Å². The van der Waals surface area contributed by atoms with Gasteiger partial charge in [-0.05, 0) is 31.6 Å². The SMILES string of the molecule is CCC(CC)NC(=O)N1C[C@@H]2CCC[C@@]2(C(=O)O)C1. The van der Waals surface area contributed by atoms with Crippen molar-refractivity contribution in [1.29, 1.82) is 0 Å². The van der Waals surface area contributed by atoms with E-state index >= 15 is 0 Å². The van der Waals surface area contributed by atoms with E-state index in [1.54, 1.807) is 4.90 Å². The first-order chi connectivity index (χ1) is 9.03. The summed E-state index contributed by atoms with van der Waals surface area (Å²) < 4.78 is 0. The van der Waals surface area contributed by atoms with Crippen molar-refractivity contribution < 1.29 is 14.7 Å². The lowest BCUT2D eigenvalue weighted by molar-refractivity contribution is -0.149. The second kappa shape index (κ2) is 5.39. The number of urea groups is 1. The smallest absolute Gasteiger partial charge is 0.317 e. The van der Waals surface area contributed by atoms with E-state index in [0.717, 1.165) is 25.7 Å². The third-order valence-corrected chi connectivity index (χ3v) is 4.90. The van der Waals surface area contributed by atoms with Crippen molar-refractivity contribution in [2.75, 3.05) is 13.1 Å². The molecule has 1 saturated carbocycles. The van der Waals surface area contributed by atoms with Crippen LogP contribution in [0.5, 0.6) is 0 Å². The third kappa shape index (κ3) is 2.42. The lowest BCUT2D eigenvalue weighted by Gasteiger charge is -2.24. The van der Waals surface area contributed by atoms with E-state index in [1.165, 1.54) is 0 Å². The quantitative estimate of drug-likeness (QED) is 0.820. The van der Waals surface area contributed by atoms with Gasteiger partial charge in [0.2, 0.25) is 0 Å². The van der Waals surface area contributed by atoms with Gasteiger partial charge >= 0.3 is 12.0 Å². The highest BCUT2D eigenvalue weighted by Crippen LogP contribution is 2.48. The van der Waals surface area contributed by atoms with Crippen LogP contribution in [0.3, 0.4) is 0 Å². The first-order valence-corrected chi connectivity index (χ1v) is 7.32. The molecule has 19 heavy (non-hydrogen) atoms. The third-order valence-electron chi connectivity index (χ3n) is 4.90. The predicted octanol–water partition coefficient (Wildman–Crippen LogP) is 2.07. The van der Waals surface area contributed by atoms with E-state index in [-0.39, 0.29) is 18.0 Å². The molecule has 1 saturated heterocycles. The highest BCUT2D eigenvalue weighted by Gasteiger charge is 2.55. The van der Waals surface area contributed by atoms with Gasteiger partial charge in [0, 0.05) is 19.1 Å². The fourth-order valence-corrected chi connectivity index (χ4v) is 3.55. The van der Waals surface area contributed by atoms with Crippen molar-refractivity contribution >= 4 is 12.0 Å². The molecule has 1 heterocycles. The van der Waals surface area contributed by atoms with E-state index in [0.29, 0.717) is 19.5 Å². The van der Waals surface area contributed by atoms with E-state index in [2.05, 4.69) is 5.32 Å². The summed E-state index contributed by atoms with van der Waals surface area (Å²) >= 11 is 0. The molecule has 0 aromatic rings. The van der Waals surface area contributed by atoms with Crippen LogP contribution in [0, 0.1) is 11.3 Å². The number of aliphatic carboxylic acids is 1. The van der Waals surface area contributed by atoms with Crippen molar-refractivity contribution in [2.24, 2.45) is 11.3 Å². The highest BCUT2D eigenvalue weighted by atomic mass is 16.4. The van der Waals surface area contributed by atoms with Gasteiger partial charge < -0.3 is 15.3 Å². The van der Waals surface area contributed by atoms with Crippen molar-refractivity contribution in [2.45, 2.75) is 52.0 Å². The number of hydrogen-bond acceptors (Lipinski definition) is 2. The minimum atomic E-state index is -0.729. The first-order valence-electron chi connectivity index (χ1n) is 7.32. The van der Waals surface area contributed by atoms with Gasteiger partial charge in [-0.15, -0.1) is 0 Å². The number of amides is 2. The molecule has 2 amide bonds. The molecule has 0 spiro atoms. The number of likely N-dealkylation sites (tertiary alicyclic amines) is 1. The Labute approximate surface area is 114 Å². The van der Waals surface area contributed by atoms with Gasteiger partial charge in [0.15, 0.2) is 0 Å². The maximum Gasteiger partial charge on any atom is 0.317 e. The van der Waals surface area contributed by atoms with Gasteiger partial charge in [-0.1, -0.05) is 20.3 Å². The Morgan fingerprint density at radius 1 is 1.42 bits per heavy atom. The average molecular weight is 268 g/mol. The van der Waals surface area contributed by atoms with E-state index in [1.807, 2.05) is 13.8 Å². The Morgan fingerprint density at radius 2 is 2.11 bits per heavy atom. The van der Waals surface area contributed by atoms with Crippen LogP contribution >= 0.6 is 0 Å². The molecule has 0 radical (unpaired) electrons. The van der Waals surface area contributed by atoms with Crippen molar-refractivity contribution in [3.05, 3.63) is 0 Å². The molecule has 0 aromatic carbocycles. The summed E-state index contributed by atoms with van der Waals surface area (Å²) in [6.45, 7) is 5.06. The van der Waals surface area contributed by atoms with Crippen LogP contribution in [-0.2, 0) is 4.79 Å². The topological polar surface area (TPSA) is 69.6 Å². The molecule has 2 aliphatic rings. The molecular formula is C14H24N2O3. The lowest BCUT2D eigenvalue weighted by Crippen LogP contribution is -2.45. The van der Waals surface area contributed by atoms with Gasteiger partial charge in [0.1, 0.15) is 0 Å².